The third kappa shape index (κ3) is 6.38. The topological polar surface area (TPSA) is 71.9 Å². The summed E-state index contributed by atoms with van der Waals surface area (Å²) < 4.78 is 53.1. The Morgan fingerprint density at radius 1 is 1.21 bits per heavy atom. The summed E-state index contributed by atoms with van der Waals surface area (Å²) in [7, 11) is 0. The number of rotatable bonds is 10. The Hall–Kier alpha value is -2.49. The van der Waals surface area contributed by atoms with Gasteiger partial charge in [-0.3, -0.25) is 14.7 Å². The van der Waals surface area contributed by atoms with Gasteiger partial charge in [0.15, 0.2) is 0 Å². The zero-order valence-electron chi connectivity index (χ0n) is 21.5. The van der Waals surface area contributed by atoms with Crippen LogP contribution in [0.5, 0.6) is 0 Å². The van der Waals surface area contributed by atoms with Gasteiger partial charge in [-0.25, -0.2) is 13.2 Å². The van der Waals surface area contributed by atoms with Crippen molar-refractivity contribution in [3.05, 3.63) is 64.2 Å². The summed E-state index contributed by atoms with van der Waals surface area (Å²) in [6.45, 7) is 0.672. The molecule has 1 aromatic heterocycles. The maximum absolute atomic E-state index is 14.2. The number of nitrogens with zero attached hydrogens (tertiary/aromatic N) is 2. The Morgan fingerprint density at radius 3 is 2.84 bits per heavy atom. The normalized spacial score (nSPS) is 23.9. The molecule has 3 heterocycles. The van der Waals surface area contributed by atoms with Crippen molar-refractivity contribution in [1.82, 2.24) is 9.88 Å². The minimum atomic E-state index is -2.99. The quantitative estimate of drug-likeness (QED) is 0.411. The molecule has 38 heavy (non-hydrogen) atoms. The molecular weight excluding hydrogens is 497 g/mol. The smallest absolute Gasteiger partial charge is 0.325 e. The third-order valence-corrected chi connectivity index (χ3v) is 7.86. The molecule has 3 aliphatic rings. The number of carboxylic acid groups (broad SMARTS) is 1. The molecule has 0 radical (unpaired) electrons. The van der Waals surface area contributed by atoms with E-state index in [1.54, 1.807) is 4.90 Å². The summed E-state index contributed by atoms with van der Waals surface area (Å²) in [4.78, 5) is 18.9. The Balaban J connectivity index is 1.14. The lowest BCUT2D eigenvalue weighted by Gasteiger charge is -2.27. The van der Waals surface area contributed by atoms with Crippen LogP contribution in [0, 0.1) is 5.82 Å². The van der Waals surface area contributed by atoms with Crippen molar-refractivity contribution in [1.29, 1.82) is 0 Å². The lowest BCUT2D eigenvalue weighted by molar-refractivity contribution is -0.143. The van der Waals surface area contributed by atoms with Crippen LogP contribution in [-0.2, 0) is 33.5 Å². The highest BCUT2D eigenvalue weighted by Crippen LogP contribution is 2.42. The van der Waals surface area contributed by atoms with Gasteiger partial charge >= 0.3 is 5.97 Å². The van der Waals surface area contributed by atoms with E-state index in [1.807, 2.05) is 0 Å². The van der Waals surface area contributed by atoms with Crippen LogP contribution in [0.25, 0.3) is 0 Å². The number of likely N-dealkylation sites (tertiary alicyclic amines) is 1. The first-order valence-electron chi connectivity index (χ1n) is 13.6. The van der Waals surface area contributed by atoms with Gasteiger partial charge in [-0.2, -0.15) is 0 Å². The van der Waals surface area contributed by atoms with Crippen molar-refractivity contribution in [3.63, 3.8) is 0 Å². The van der Waals surface area contributed by atoms with E-state index in [0.717, 1.165) is 49.9 Å². The van der Waals surface area contributed by atoms with Gasteiger partial charge in [-0.15, -0.1) is 0 Å². The first-order valence-corrected chi connectivity index (χ1v) is 13.6. The number of hydrogen-bond donors (Lipinski definition) is 1. The first kappa shape index (κ1) is 27.1. The maximum atomic E-state index is 14.2. The van der Waals surface area contributed by atoms with Crippen molar-refractivity contribution < 1.29 is 32.5 Å². The fraction of sp³-hybridized carbons (Fsp3) is 0.586. The van der Waals surface area contributed by atoms with Crippen LogP contribution in [0.15, 0.2) is 30.3 Å². The summed E-state index contributed by atoms with van der Waals surface area (Å²) in [6, 6.07) is 6.85. The number of alkyl halides is 2. The highest BCUT2D eigenvalue weighted by Gasteiger charge is 2.44. The number of aliphatic carboxylic acids is 1. The molecule has 0 saturated carbocycles. The highest BCUT2D eigenvalue weighted by molar-refractivity contribution is 5.76. The number of unbranched alkanes of at least 4 members (excludes halogenated alkanes) is 1. The lowest BCUT2D eigenvalue weighted by atomic mass is 9.93. The molecule has 6 nitrogen and oxygen atoms in total. The predicted molar refractivity (Wildman–Crippen MR) is 135 cm³/mol. The van der Waals surface area contributed by atoms with Crippen LogP contribution in [-0.4, -0.2) is 59.3 Å². The molecule has 0 bridgehead atoms. The number of aryl methyl sites for hydroxylation is 3. The van der Waals surface area contributed by atoms with Gasteiger partial charge in [0.1, 0.15) is 18.5 Å². The number of carbonyl (C=O) groups is 1. The zero-order chi connectivity index (χ0) is 26.7. The van der Waals surface area contributed by atoms with E-state index in [-0.39, 0.29) is 11.7 Å². The molecular formula is C29H35F3N2O4. The van der Waals surface area contributed by atoms with Crippen LogP contribution in [0.3, 0.4) is 0 Å². The van der Waals surface area contributed by atoms with Gasteiger partial charge in [0.2, 0.25) is 0 Å². The summed E-state index contributed by atoms with van der Waals surface area (Å²) in [6.07, 6.45) is 6.38. The molecule has 3 atom stereocenters. The summed E-state index contributed by atoms with van der Waals surface area (Å²) in [5.41, 5.74) is 4.22. The summed E-state index contributed by atoms with van der Waals surface area (Å²) in [5, 5.41) is 10.1. The van der Waals surface area contributed by atoms with Crippen LogP contribution < -0.4 is 0 Å². The van der Waals surface area contributed by atoms with Gasteiger partial charge in [-0.05, 0) is 86.3 Å². The predicted octanol–water partition coefficient (Wildman–Crippen LogP) is 5.44. The second-order valence-electron chi connectivity index (χ2n) is 10.7. The van der Waals surface area contributed by atoms with E-state index in [1.165, 1.54) is 30.2 Å². The van der Waals surface area contributed by atoms with Gasteiger partial charge < -0.3 is 14.6 Å². The molecule has 0 spiro atoms. The number of fused-ring (bicyclic) bond motifs is 1. The minimum absolute atomic E-state index is 0.136. The standard InChI is InChI=1S/C29H35F3N2O4/c30-20-9-11-23(26-16-29(31,32)18-38-26)24(15-20)27(28(35)36)34-13-12-22(17-34)37-14-4-3-6-21-10-8-19-5-1-2-7-25(19)33-21/h8-11,15,22,26-27H,1-7,12-14,16-18H2,(H,35,36)/t22-,26?,27?/m1/s1. The number of aromatic nitrogens is 1. The Kier molecular flexibility index (Phi) is 8.35. The van der Waals surface area contributed by atoms with E-state index >= 15 is 0 Å². The summed E-state index contributed by atoms with van der Waals surface area (Å²) >= 11 is 0. The molecule has 5 rings (SSSR count). The number of hydrogen-bond acceptors (Lipinski definition) is 5. The maximum Gasteiger partial charge on any atom is 0.325 e. The second kappa shape index (κ2) is 11.7. The molecule has 1 aliphatic carbocycles. The molecule has 0 amide bonds. The van der Waals surface area contributed by atoms with E-state index in [0.29, 0.717) is 31.7 Å². The molecule has 2 fully saturated rings. The lowest BCUT2D eigenvalue weighted by Crippen LogP contribution is -2.34. The van der Waals surface area contributed by atoms with Crippen LogP contribution in [0.1, 0.15) is 78.7 Å². The molecule has 2 aliphatic heterocycles. The molecule has 1 aromatic carbocycles. The van der Waals surface area contributed by atoms with Crippen LogP contribution in [0.2, 0.25) is 0 Å². The largest absolute Gasteiger partial charge is 0.480 e. The number of carboxylic acids is 1. The zero-order valence-corrected chi connectivity index (χ0v) is 21.5. The number of benzene rings is 1. The highest BCUT2D eigenvalue weighted by atomic mass is 19.3. The number of ether oxygens (including phenoxy) is 2. The second-order valence-corrected chi connectivity index (χ2v) is 10.7. The van der Waals surface area contributed by atoms with Crippen molar-refractivity contribution in [2.24, 2.45) is 0 Å². The van der Waals surface area contributed by atoms with E-state index in [2.05, 4.69) is 12.1 Å². The summed E-state index contributed by atoms with van der Waals surface area (Å²) in [5.74, 6) is -4.75. The Labute approximate surface area is 221 Å². The average Bonchev–Trinajstić information content (AvgIpc) is 3.49. The number of pyridine rings is 1. The van der Waals surface area contributed by atoms with Crippen molar-refractivity contribution >= 4 is 5.97 Å². The fourth-order valence-corrected chi connectivity index (χ4v) is 5.92. The minimum Gasteiger partial charge on any atom is -0.480 e. The SMILES string of the molecule is O=C(O)C(c1cc(F)ccc1C1CC(F)(F)CO1)N1CC[C@@H](OCCCCc2ccc3c(n2)CCCC3)C1. The Bertz CT molecular complexity index is 1140. The molecule has 9 heteroatoms. The van der Waals surface area contributed by atoms with Crippen molar-refractivity contribution in [2.45, 2.75) is 82.0 Å². The van der Waals surface area contributed by atoms with Crippen molar-refractivity contribution in [2.75, 3.05) is 26.3 Å². The van der Waals surface area contributed by atoms with E-state index in [9.17, 15) is 23.1 Å². The fourth-order valence-electron chi connectivity index (χ4n) is 5.92. The molecule has 2 unspecified atom stereocenters. The monoisotopic (exact) mass is 532 g/mol. The van der Waals surface area contributed by atoms with Crippen molar-refractivity contribution in [3.8, 4) is 0 Å². The van der Waals surface area contributed by atoms with Crippen LogP contribution >= 0.6 is 0 Å². The van der Waals surface area contributed by atoms with E-state index < -0.39 is 42.9 Å². The third-order valence-electron chi connectivity index (χ3n) is 7.86. The van der Waals surface area contributed by atoms with Gasteiger partial charge in [0, 0.05) is 37.5 Å². The van der Waals surface area contributed by atoms with Gasteiger partial charge in [0.05, 0.1) is 12.2 Å². The van der Waals surface area contributed by atoms with E-state index in [4.69, 9.17) is 14.5 Å². The average molecular weight is 533 g/mol. The molecule has 2 aromatic rings. The molecule has 1 N–H and O–H groups in total. The van der Waals surface area contributed by atoms with Crippen LogP contribution in [0.4, 0.5) is 13.2 Å². The van der Waals surface area contributed by atoms with Gasteiger partial charge in [-0.1, -0.05) is 12.1 Å². The first-order chi connectivity index (χ1) is 18.3. The Morgan fingerprint density at radius 2 is 2.05 bits per heavy atom. The molecule has 206 valence electrons. The van der Waals surface area contributed by atoms with Gasteiger partial charge in [0.25, 0.3) is 5.92 Å². The number of halogens is 3. The molecule has 2 saturated heterocycles.